The van der Waals surface area contributed by atoms with Gasteiger partial charge < -0.3 is 19.5 Å². The molecule has 0 bridgehead atoms. The second kappa shape index (κ2) is 9.86. The average Bonchev–Trinajstić information content (AvgIpc) is 3.04. The number of carbonyl (C=O) groups excluding carboxylic acids is 1. The molecule has 0 saturated heterocycles. The molecule has 1 amide bonds. The first-order chi connectivity index (χ1) is 14.3. The molecule has 0 radical (unpaired) electrons. The fraction of sp³-hybridized carbons (Fsp3) is 0.640. The lowest BCUT2D eigenvalue weighted by atomic mass is 9.94. The van der Waals surface area contributed by atoms with Crippen molar-refractivity contribution < 1.29 is 9.53 Å². The summed E-state index contributed by atoms with van der Waals surface area (Å²) in [5.41, 5.74) is 3.71. The number of hydrogen-bond acceptors (Lipinski definition) is 3. The number of hydrogen-bond donors (Lipinski definition) is 1. The van der Waals surface area contributed by atoms with E-state index in [1.165, 1.54) is 16.6 Å². The SMILES string of the molecule is COc1ccc2[nH]c3c(c2c1)CCN(C(C)=O)C3CCCN(CC(C)C)CC(C)C. The Bertz CT molecular complexity index is 845. The van der Waals surface area contributed by atoms with Gasteiger partial charge in [-0.05, 0) is 61.4 Å². The number of ether oxygens (including phenoxy) is 1. The van der Waals surface area contributed by atoms with Crippen molar-refractivity contribution in [3.8, 4) is 5.75 Å². The molecule has 1 aliphatic rings. The van der Waals surface area contributed by atoms with Crippen molar-refractivity contribution in [2.24, 2.45) is 11.8 Å². The summed E-state index contributed by atoms with van der Waals surface area (Å²) >= 11 is 0. The van der Waals surface area contributed by atoms with Crippen molar-refractivity contribution in [3.05, 3.63) is 29.5 Å². The van der Waals surface area contributed by atoms with Crippen LogP contribution in [0.4, 0.5) is 0 Å². The lowest BCUT2D eigenvalue weighted by molar-refractivity contribution is -0.132. The number of nitrogens with zero attached hydrogens (tertiary/aromatic N) is 2. The van der Waals surface area contributed by atoms with E-state index in [9.17, 15) is 4.79 Å². The maximum Gasteiger partial charge on any atom is 0.220 e. The zero-order valence-electron chi connectivity index (χ0n) is 19.6. The number of aromatic amines is 1. The Hall–Kier alpha value is -2.01. The summed E-state index contributed by atoms with van der Waals surface area (Å²) in [6, 6.07) is 6.34. The van der Waals surface area contributed by atoms with Crippen LogP contribution in [-0.2, 0) is 11.2 Å². The van der Waals surface area contributed by atoms with Crippen LogP contribution in [0.1, 0.15) is 64.8 Å². The number of rotatable bonds is 9. The van der Waals surface area contributed by atoms with Gasteiger partial charge in [0.05, 0.1) is 13.2 Å². The zero-order chi connectivity index (χ0) is 21.8. The van der Waals surface area contributed by atoms with Gasteiger partial charge in [0.25, 0.3) is 0 Å². The van der Waals surface area contributed by atoms with Crippen LogP contribution in [0.5, 0.6) is 5.75 Å². The van der Waals surface area contributed by atoms with Crippen LogP contribution >= 0.6 is 0 Å². The lowest BCUT2D eigenvalue weighted by Gasteiger charge is -2.36. The summed E-state index contributed by atoms with van der Waals surface area (Å²) in [6.07, 6.45) is 2.97. The van der Waals surface area contributed by atoms with Gasteiger partial charge >= 0.3 is 0 Å². The molecule has 0 saturated carbocycles. The molecule has 5 nitrogen and oxygen atoms in total. The highest BCUT2D eigenvalue weighted by molar-refractivity contribution is 5.87. The number of aromatic nitrogens is 1. The maximum atomic E-state index is 12.4. The van der Waals surface area contributed by atoms with Gasteiger partial charge in [-0.25, -0.2) is 0 Å². The van der Waals surface area contributed by atoms with Gasteiger partial charge in [-0.3, -0.25) is 4.79 Å². The molecular weight excluding hydrogens is 374 g/mol. The molecule has 0 aliphatic carbocycles. The van der Waals surface area contributed by atoms with E-state index in [0.29, 0.717) is 11.8 Å². The van der Waals surface area contributed by atoms with Crippen LogP contribution in [-0.4, -0.2) is 54.0 Å². The normalized spacial score (nSPS) is 16.7. The average molecular weight is 414 g/mol. The first kappa shape index (κ1) is 22.7. The van der Waals surface area contributed by atoms with Gasteiger partial charge in [-0.2, -0.15) is 0 Å². The van der Waals surface area contributed by atoms with Crippen LogP contribution in [0.3, 0.4) is 0 Å². The predicted octanol–water partition coefficient (Wildman–Crippen LogP) is 5.02. The summed E-state index contributed by atoms with van der Waals surface area (Å²) in [5, 5.41) is 1.23. The molecule has 1 N–H and O–H groups in total. The van der Waals surface area contributed by atoms with Crippen LogP contribution in [0.2, 0.25) is 0 Å². The Morgan fingerprint density at radius 1 is 1.23 bits per heavy atom. The molecule has 1 aliphatic heterocycles. The molecule has 3 rings (SSSR count). The van der Waals surface area contributed by atoms with E-state index < -0.39 is 0 Å². The summed E-state index contributed by atoms with van der Waals surface area (Å²) in [6.45, 7) is 15.0. The molecule has 1 unspecified atom stereocenters. The number of fused-ring (bicyclic) bond motifs is 3. The molecule has 0 spiro atoms. The molecule has 0 fully saturated rings. The number of amides is 1. The Balaban J connectivity index is 1.80. The van der Waals surface area contributed by atoms with E-state index in [4.69, 9.17) is 4.74 Å². The minimum atomic E-state index is 0.129. The second-order valence-electron chi connectivity index (χ2n) is 9.60. The van der Waals surface area contributed by atoms with Crippen LogP contribution < -0.4 is 4.74 Å². The third-order valence-corrected chi connectivity index (χ3v) is 6.06. The van der Waals surface area contributed by atoms with Crippen molar-refractivity contribution in [2.75, 3.05) is 33.3 Å². The van der Waals surface area contributed by atoms with E-state index in [1.54, 1.807) is 14.0 Å². The van der Waals surface area contributed by atoms with Crippen LogP contribution in [0, 0.1) is 11.8 Å². The van der Waals surface area contributed by atoms with Crippen molar-refractivity contribution >= 4 is 16.8 Å². The predicted molar refractivity (Wildman–Crippen MR) is 124 cm³/mol. The number of methoxy groups -OCH3 is 1. The van der Waals surface area contributed by atoms with Gasteiger partial charge in [0.2, 0.25) is 5.91 Å². The highest BCUT2D eigenvalue weighted by Gasteiger charge is 2.31. The molecule has 30 heavy (non-hydrogen) atoms. The molecule has 2 heterocycles. The van der Waals surface area contributed by atoms with E-state index in [-0.39, 0.29) is 11.9 Å². The molecule has 1 aromatic carbocycles. The van der Waals surface area contributed by atoms with Crippen molar-refractivity contribution in [2.45, 2.75) is 59.9 Å². The summed E-state index contributed by atoms with van der Waals surface area (Å²) in [5.74, 6) is 2.39. The Morgan fingerprint density at radius 3 is 2.53 bits per heavy atom. The van der Waals surface area contributed by atoms with E-state index >= 15 is 0 Å². The fourth-order valence-corrected chi connectivity index (χ4v) is 4.95. The van der Waals surface area contributed by atoms with Crippen LogP contribution in [0.25, 0.3) is 10.9 Å². The Kier molecular flexibility index (Phi) is 7.45. The standard InChI is InChI=1S/C25H39N3O2/c1-17(2)15-27(16-18(3)4)12-7-8-24-25-21(11-13-28(24)19(5)29)22-14-20(30-6)9-10-23(22)26-25/h9-10,14,17-18,24,26H,7-8,11-13,15-16H2,1-6H3. The second-order valence-corrected chi connectivity index (χ2v) is 9.60. The number of benzene rings is 1. The first-order valence-corrected chi connectivity index (χ1v) is 11.5. The van der Waals surface area contributed by atoms with Crippen LogP contribution in [0.15, 0.2) is 18.2 Å². The number of carbonyl (C=O) groups is 1. The topological polar surface area (TPSA) is 48.6 Å². The smallest absolute Gasteiger partial charge is 0.220 e. The Labute approximate surface area is 181 Å². The van der Waals surface area contributed by atoms with E-state index in [0.717, 1.165) is 56.7 Å². The third-order valence-electron chi connectivity index (χ3n) is 6.06. The minimum absolute atomic E-state index is 0.129. The summed E-state index contributed by atoms with van der Waals surface area (Å²) in [4.78, 5) is 20.7. The molecule has 5 heteroatoms. The minimum Gasteiger partial charge on any atom is -0.497 e. The number of H-pyrrole nitrogens is 1. The third kappa shape index (κ3) is 5.18. The van der Waals surface area contributed by atoms with Gasteiger partial charge in [0.15, 0.2) is 0 Å². The van der Waals surface area contributed by atoms with E-state index in [2.05, 4.69) is 54.6 Å². The van der Waals surface area contributed by atoms with Crippen molar-refractivity contribution in [1.29, 1.82) is 0 Å². The number of nitrogens with one attached hydrogen (secondary N) is 1. The first-order valence-electron chi connectivity index (χ1n) is 11.5. The Morgan fingerprint density at radius 2 is 1.93 bits per heavy atom. The highest BCUT2D eigenvalue weighted by Crippen LogP contribution is 2.38. The quantitative estimate of drug-likeness (QED) is 0.628. The summed E-state index contributed by atoms with van der Waals surface area (Å²) < 4.78 is 5.44. The molecule has 166 valence electrons. The maximum absolute atomic E-state index is 12.4. The lowest BCUT2D eigenvalue weighted by Crippen LogP contribution is -2.39. The molecule has 1 aromatic heterocycles. The van der Waals surface area contributed by atoms with Gasteiger partial charge in [-0.15, -0.1) is 0 Å². The molecular formula is C25H39N3O2. The van der Waals surface area contributed by atoms with E-state index in [1.807, 2.05) is 6.07 Å². The molecule has 1 atom stereocenters. The van der Waals surface area contributed by atoms with Crippen molar-refractivity contribution in [3.63, 3.8) is 0 Å². The monoisotopic (exact) mass is 413 g/mol. The van der Waals surface area contributed by atoms with Gasteiger partial charge in [0, 0.05) is 43.2 Å². The largest absolute Gasteiger partial charge is 0.497 e. The summed E-state index contributed by atoms with van der Waals surface area (Å²) in [7, 11) is 1.71. The highest BCUT2D eigenvalue weighted by atomic mass is 16.5. The zero-order valence-corrected chi connectivity index (χ0v) is 19.6. The van der Waals surface area contributed by atoms with Gasteiger partial charge in [-0.1, -0.05) is 27.7 Å². The molecule has 2 aromatic rings. The van der Waals surface area contributed by atoms with Gasteiger partial charge in [0.1, 0.15) is 5.75 Å². The fourth-order valence-electron chi connectivity index (χ4n) is 4.95. The van der Waals surface area contributed by atoms with Crippen molar-refractivity contribution in [1.82, 2.24) is 14.8 Å².